The summed E-state index contributed by atoms with van der Waals surface area (Å²) in [5.74, 6) is 0.757. The summed E-state index contributed by atoms with van der Waals surface area (Å²) >= 11 is 1.89. The second-order valence-corrected chi connectivity index (χ2v) is 6.03. The molecule has 1 atom stereocenters. The van der Waals surface area contributed by atoms with Gasteiger partial charge >= 0.3 is 0 Å². The van der Waals surface area contributed by atoms with Gasteiger partial charge in [0, 0.05) is 30.7 Å². The maximum Gasteiger partial charge on any atom is 0.156 e. The van der Waals surface area contributed by atoms with Crippen LogP contribution < -0.4 is 5.32 Å². The van der Waals surface area contributed by atoms with Gasteiger partial charge in [-0.15, -0.1) is 0 Å². The smallest absolute Gasteiger partial charge is 0.156 e. The second-order valence-electron chi connectivity index (χ2n) is 4.74. The molecule has 1 aromatic rings. The molecule has 4 nitrogen and oxygen atoms in total. The number of hydrogen-bond donors (Lipinski definition) is 1. The van der Waals surface area contributed by atoms with Crippen LogP contribution in [0.15, 0.2) is 23.7 Å². The highest BCUT2D eigenvalue weighted by Gasteiger charge is 2.19. The van der Waals surface area contributed by atoms with E-state index in [0.717, 1.165) is 30.7 Å². The Morgan fingerprint density at radius 2 is 2.47 bits per heavy atom. The van der Waals surface area contributed by atoms with Gasteiger partial charge in [0.15, 0.2) is 5.17 Å². The van der Waals surface area contributed by atoms with Crippen LogP contribution in [0, 0.1) is 5.92 Å². The summed E-state index contributed by atoms with van der Waals surface area (Å²) in [4.78, 5) is 8.55. The standard InChI is InChI=1S/C12H20N4S/c1-10(2)7-11-8-15-12(17-11)14-4-6-16-5-3-13-9-16/h3,5,9-11H,4,6-8H2,1-2H3,(H,14,15). The molecule has 2 heterocycles. The van der Waals surface area contributed by atoms with Crippen molar-refractivity contribution in [2.75, 3.05) is 13.1 Å². The summed E-state index contributed by atoms with van der Waals surface area (Å²) in [5, 5.41) is 5.17. The zero-order valence-corrected chi connectivity index (χ0v) is 11.3. The van der Waals surface area contributed by atoms with Gasteiger partial charge in [0.25, 0.3) is 0 Å². The van der Waals surface area contributed by atoms with E-state index < -0.39 is 0 Å². The first-order valence-corrected chi connectivity index (χ1v) is 7.02. The molecular weight excluding hydrogens is 232 g/mol. The molecule has 0 saturated heterocycles. The number of thioether (sulfide) groups is 1. The van der Waals surface area contributed by atoms with Crippen molar-refractivity contribution >= 4 is 16.9 Å². The summed E-state index contributed by atoms with van der Waals surface area (Å²) < 4.78 is 2.07. The van der Waals surface area contributed by atoms with Crippen LogP contribution in [0.2, 0.25) is 0 Å². The van der Waals surface area contributed by atoms with Crippen molar-refractivity contribution in [1.29, 1.82) is 0 Å². The first kappa shape index (κ1) is 12.5. The van der Waals surface area contributed by atoms with Gasteiger partial charge in [-0.3, -0.25) is 4.99 Å². The van der Waals surface area contributed by atoms with Gasteiger partial charge < -0.3 is 9.88 Å². The second kappa shape index (κ2) is 6.10. The van der Waals surface area contributed by atoms with Gasteiger partial charge in [-0.25, -0.2) is 4.98 Å². The number of imidazole rings is 1. The minimum atomic E-state index is 0.672. The summed E-state index contributed by atoms with van der Waals surface area (Å²) in [6, 6.07) is 0. The average molecular weight is 252 g/mol. The van der Waals surface area contributed by atoms with Crippen molar-refractivity contribution in [2.24, 2.45) is 10.9 Å². The molecule has 1 aromatic heterocycles. The van der Waals surface area contributed by atoms with Gasteiger partial charge in [0.2, 0.25) is 0 Å². The Balaban J connectivity index is 1.64. The Hall–Kier alpha value is -0.970. The molecule has 1 N–H and O–H groups in total. The monoisotopic (exact) mass is 252 g/mol. The molecule has 0 aromatic carbocycles. The third-order valence-electron chi connectivity index (χ3n) is 2.66. The lowest BCUT2D eigenvalue weighted by Gasteiger charge is -2.11. The van der Waals surface area contributed by atoms with Gasteiger partial charge in [-0.05, 0) is 12.3 Å². The zero-order chi connectivity index (χ0) is 12.1. The molecule has 0 spiro atoms. The van der Waals surface area contributed by atoms with Crippen molar-refractivity contribution < 1.29 is 0 Å². The number of hydrogen-bond acceptors (Lipinski definition) is 4. The minimum Gasteiger partial charge on any atom is -0.363 e. The SMILES string of the molecule is CC(C)CC1CN=C(NCCn2ccnc2)S1. The molecule has 94 valence electrons. The van der Waals surface area contributed by atoms with E-state index in [-0.39, 0.29) is 0 Å². The Morgan fingerprint density at radius 3 is 3.18 bits per heavy atom. The predicted octanol–water partition coefficient (Wildman–Crippen LogP) is 1.99. The van der Waals surface area contributed by atoms with Crippen molar-refractivity contribution in [3.8, 4) is 0 Å². The molecule has 0 saturated carbocycles. The van der Waals surface area contributed by atoms with Crippen LogP contribution >= 0.6 is 11.8 Å². The number of rotatable bonds is 5. The molecule has 0 fully saturated rings. The highest BCUT2D eigenvalue weighted by molar-refractivity contribution is 8.14. The highest BCUT2D eigenvalue weighted by Crippen LogP contribution is 2.25. The van der Waals surface area contributed by atoms with Gasteiger partial charge in [0.05, 0.1) is 12.9 Å². The molecule has 17 heavy (non-hydrogen) atoms. The first-order chi connectivity index (χ1) is 8.24. The fourth-order valence-electron chi connectivity index (χ4n) is 1.87. The quantitative estimate of drug-likeness (QED) is 0.871. The largest absolute Gasteiger partial charge is 0.363 e. The fraction of sp³-hybridized carbons (Fsp3) is 0.667. The number of amidine groups is 1. The number of nitrogens with one attached hydrogen (secondary N) is 1. The molecule has 1 unspecified atom stereocenters. The molecule has 0 bridgehead atoms. The van der Waals surface area contributed by atoms with Crippen LogP contribution in [0.4, 0.5) is 0 Å². The molecule has 5 heteroatoms. The Morgan fingerprint density at radius 1 is 1.59 bits per heavy atom. The van der Waals surface area contributed by atoms with Gasteiger partial charge in [0.1, 0.15) is 0 Å². The zero-order valence-electron chi connectivity index (χ0n) is 10.5. The van der Waals surface area contributed by atoms with Crippen LogP contribution in [0.5, 0.6) is 0 Å². The maximum atomic E-state index is 4.53. The third-order valence-corrected chi connectivity index (χ3v) is 3.83. The van der Waals surface area contributed by atoms with E-state index in [9.17, 15) is 0 Å². The lowest BCUT2D eigenvalue weighted by atomic mass is 10.1. The molecule has 2 rings (SSSR count). The van der Waals surface area contributed by atoms with Crippen molar-refractivity contribution in [3.63, 3.8) is 0 Å². The summed E-state index contributed by atoms with van der Waals surface area (Å²) in [6.07, 6.45) is 6.88. The lowest BCUT2D eigenvalue weighted by molar-refractivity contribution is 0.575. The van der Waals surface area contributed by atoms with E-state index >= 15 is 0 Å². The minimum absolute atomic E-state index is 0.672. The number of nitrogens with zero attached hydrogens (tertiary/aromatic N) is 3. The predicted molar refractivity (Wildman–Crippen MR) is 73.4 cm³/mol. The van der Waals surface area contributed by atoms with Crippen LogP contribution in [-0.4, -0.2) is 33.1 Å². The summed E-state index contributed by atoms with van der Waals surface area (Å²) in [5.41, 5.74) is 0. The van der Waals surface area contributed by atoms with Crippen molar-refractivity contribution in [2.45, 2.75) is 32.1 Å². The Labute approximate surface area is 107 Å². The molecular formula is C12H20N4S. The average Bonchev–Trinajstić information content (AvgIpc) is 2.89. The summed E-state index contributed by atoms with van der Waals surface area (Å²) in [6.45, 7) is 7.36. The summed E-state index contributed by atoms with van der Waals surface area (Å²) in [7, 11) is 0. The molecule has 1 aliphatic rings. The van der Waals surface area contributed by atoms with E-state index in [1.165, 1.54) is 6.42 Å². The fourth-order valence-corrected chi connectivity index (χ4v) is 3.15. The van der Waals surface area contributed by atoms with Crippen LogP contribution in [0.25, 0.3) is 0 Å². The molecule has 1 aliphatic heterocycles. The van der Waals surface area contributed by atoms with Crippen LogP contribution in [0.3, 0.4) is 0 Å². The van der Waals surface area contributed by atoms with Gasteiger partial charge in [-0.2, -0.15) is 0 Å². The van der Waals surface area contributed by atoms with Crippen LogP contribution in [0.1, 0.15) is 20.3 Å². The highest BCUT2D eigenvalue weighted by atomic mass is 32.2. The van der Waals surface area contributed by atoms with E-state index in [4.69, 9.17) is 0 Å². The van der Waals surface area contributed by atoms with E-state index in [1.54, 1.807) is 6.20 Å². The molecule has 0 amide bonds. The van der Waals surface area contributed by atoms with Crippen molar-refractivity contribution in [3.05, 3.63) is 18.7 Å². The van der Waals surface area contributed by atoms with Gasteiger partial charge in [-0.1, -0.05) is 25.6 Å². The van der Waals surface area contributed by atoms with E-state index in [2.05, 4.69) is 33.7 Å². The van der Waals surface area contributed by atoms with E-state index in [1.807, 2.05) is 24.3 Å². The van der Waals surface area contributed by atoms with E-state index in [0.29, 0.717) is 5.25 Å². The molecule has 0 aliphatic carbocycles. The lowest BCUT2D eigenvalue weighted by Crippen LogP contribution is -2.24. The van der Waals surface area contributed by atoms with Crippen molar-refractivity contribution in [1.82, 2.24) is 14.9 Å². The number of aliphatic imine (C=N–C) groups is 1. The third kappa shape index (κ3) is 4.07. The Bertz CT molecular complexity index is 359. The topological polar surface area (TPSA) is 42.2 Å². The first-order valence-electron chi connectivity index (χ1n) is 6.15. The normalized spacial score (nSPS) is 19.7. The maximum absolute atomic E-state index is 4.53. The Kier molecular flexibility index (Phi) is 4.48. The van der Waals surface area contributed by atoms with Crippen LogP contribution in [-0.2, 0) is 6.54 Å². The molecule has 0 radical (unpaired) electrons. The number of aromatic nitrogens is 2.